The van der Waals surface area contributed by atoms with E-state index >= 15 is 0 Å². The SMILES string of the molecule is COC1C(C)CC(c2ccncc2N=C=S)CC1NC(=O)O. The molecule has 22 heavy (non-hydrogen) atoms. The van der Waals surface area contributed by atoms with Crippen LogP contribution in [0.5, 0.6) is 0 Å². The lowest BCUT2D eigenvalue weighted by atomic mass is 9.74. The highest BCUT2D eigenvalue weighted by atomic mass is 32.1. The van der Waals surface area contributed by atoms with Gasteiger partial charge < -0.3 is 15.2 Å². The summed E-state index contributed by atoms with van der Waals surface area (Å²) in [4.78, 5) is 19.2. The maximum Gasteiger partial charge on any atom is 0.404 e. The highest BCUT2D eigenvalue weighted by Gasteiger charge is 2.37. The third-order valence-corrected chi connectivity index (χ3v) is 4.26. The molecule has 1 saturated carbocycles. The molecule has 4 atom stereocenters. The van der Waals surface area contributed by atoms with Gasteiger partial charge in [-0.25, -0.2) is 4.79 Å². The number of aliphatic imine (C=N–C) groups is 1. The van der Waals surface area contributed by atoms with E-state index < -0.39 is 6.09 Å². The van der Waals surface area contributed by atoms with E-state index in [0.29, 0.717) is 12.1 Å². The number of aromatic nitrogens is 1. The van der Waals surface area contributed by atoms with Crippen LogP contribution in [0, 0.1) is 5.92 Å². The zero-order chi connectivity index (χ0) is 16.1. The lowest BCUT2D eigenvalue weighted by Crippen LogP contribution is -2.50. The van der Waals surface area contributed by atoms with Crippen molar-refractivity contribution >= 4 is 29.2 Å². The average molecular weight is 321 g/mol. The molecule has 1 aromatic rings. The first-order valence-electron chi connectivity index (χ1n) is 7.10. The van der Waals surface area contributed by atoms with Gasteiger partial charge in [0.2, 0.25) is 0 Å². The Bertz CT molecular complexity index is 589. The Morgan fingerprint density at radius 3 is 3.00 bits per heavy atom. The minimum absolute atomic E-state index is 0.133. The van der Waals surface area contributed by atoms with Gasteiger partial charge in [0, 0.05) is 13.3 Å². The van der Waals surface area contributed by atoms with Crippen molar-refractivity contribution in [3.63, 3.8) is 0 Å². The predicted octanol–water partition coefficient (Wildman–Crippen LogP) is 2.98. The van der Waals surface area contributed by atoms with Crippen LogP contribution in [-0.4, -0.2) is 40.6 Å². The molecular weight excluding hydrogens is 302 g/mol. The molecule has 1 heterocycles. The molecular formula is C15H19N3O3S. The normalized spacial score (nSPS) is 27.7. The summed E-state index contributed by atoms with van der Waals surface area (Å²) in [7, 11) is 1.62. The average Bonchev–Trinajstić information content (AvgIpc) is 2.47. The second-order valence-electron chi connectivity index (χ2n) is 5.54. The van der Waals surface area contributed by atoms with E-state index in [9.17, 15) is 4.79 Å². The Hall–Kier alpha value is -1.82. The van der Waals surface area contributed by atoms with Gasteiger partial charge in [-0.1, -0.05) is 6.92 Å². The molecule has 6 nitrogen and oxygen atoms in total. The van der Waals surface area contributed by atoms with Gasteiger partial charge in [-0.3, -0.25) is 4.98 Å². The maximum atomic E-state index is 11.0. The number of amides is 1. The van der Waals surface area contributed by atoms with Crippen molar-refractivity contribution in [3.05, 3.63) is 24.0 Å². The number of carboxylic acid groups (broad SMARTS) is 1. The molecule has 0 bridgehead atoms. The summed E-state index contributed by atoms with van der Waals surface area (Å²) in [6.45, 7) is 2.07. The van der Waals surface area contributed by atoms with Crippen LogP contribution in [-0.2, 0) is 4.74 Å². The van der Waals surface area contributed by atoms with Gasteiger partial charge >= 0.3 is 6.09 Å². The van der Waals surface area contributed by atoms with Crippen molar-refractivity contribution in [3.8, 4) is 0 Å². The third-order valence-electron chi connectivity index (χ3n) is 4.17. The number of hydrogen-bond donors (Lipinski definition) is 2. The minimum Gasteiger partial charge on any atom is -0.465 e. The fraction of sp³-hybridized carbons (Fsp3) is 0.533. The summed E-state index contributed by atoms with van der Waals surface area (Å²) in [5.74, 6) is 0.390. The van der Waals surface area contributed by atoms with Gasteiger partial charge in [0.1, 0.15) is 0 Å². The largest absolute Gasteiger partial charge is 0.465 e. The molecule has 1 aromatic heterocycles. The molecule has 4 unspecified atom stereocenters. The molecule has 0 radical (unpaired) electrons. The second-order valence-corrected chi connectivity index (χ2v) is 5.72. The first kappa shape index (κ1) is 16.5. The fourth-order valence-electron chi connectivity index (χ4n) is 3.35. The Kier molecular flexibility index (Phi) is 5.60. The van der Waals surface area contributed by atoms with Crippen LogP contribution in [0.2, 0.25) is 0 Å². The van der Waals surface area contributed by atoms with Gasteiger partial charge in [-0.15, -0.1) is 0 Å². The molecule has 0 aromatic carbocycles. The Morgan fingerprint density at radius 1 is 1.59 bits per heavy atom. The minimum atomic E-state index is -1.04. The highest BCUT2D eigenvalue weighted by Crippen LogP contribution is 2.40. The van der Waals surface area contributed by atoms with Crippen LogP contribution >= 0.6 is 12.2 Å². The van der Waals surface area contributed by atoms with Crippen LogP contribution in [0.25, 0.3) is 0 Å². The van der Waals surface area contributed by atoms with E-state index in [0.717, 1.165) is 12.0 Å². The van der Waals surface area contributed by atoms with Gasteiger partial charge in [0.15, 0.2) is 0 Å². The number of nitrogens with zero attached hydrogens (tertiary/aromatic N) is 2. The van der Waals surface area contributed by atoms with E-state index in [1.165, 1.54) is 0 Å². The summed E-state index contributed by atoms with van der Waals surface area (Å²) >= 11 is 4.68. The standard InChI is InChI=1S/C15H19N3O3S/c1-9-5-10(6-12(14(9)21-2)18-15(19)20)11-3-4-16-7-13(11)17-8-22/h3-4,7,9-10,12,14,18H,5-6H2,1-2H3,(H,19,20). The number of thiocarbonyl (C=S) groups is 1. The van der Waals surface area contributed by atoms with Crippen molar-refractivity contribution < 1.29 is 14.6 Å². The van der Waals surface area contributed by atoms with Gasteiger partial charge in [0.25, 0.3) is 0 Å². The Labute approximate surface area is 134 Å². The molecule has 2 rings (SSSR count). The third kappa shape index (κ3) is 3.68. The van der Waals surface area contributed by atoms with Crippen molar-refractivity contribution in [2.45, 2.75) is 37.8 Å². The van der Waals surface area contributed by atoms with Gasteiger partial charge in [0.05, 0.1) is 29.2 Å². The van der Waals surface area contributed by atoms with Crippen LogP contribution in [0.15, 0.2) is 23.5 Å². The number of ether oxygens (including phenoxy) is 1. The Balaban J connectivity index is 2.29. The number of rotatable bonds is 4. The van der Waals surface area contributed by atoms with Crippen LogP contribution in [0.3, 0.4) is 0 Å². The molecule has 2 N–H and O–H groups in total. The molecule has 0 aliphatic heterocycles. The molecule has 0 spiro atoms. The number of isothiocyanates is 1. The summed E-state index contributed by atoms with van der Waals surface area (Å²) < 4.78 is 5.49. The molecule has 7 heteroatoms. The number of methoxy groups -OCH3 is 1. The Morgan fingerprint density at radius 2 is 2.36 bits per heavy atom. The molecule has 1 aliphatic carbocycles. The fourth-order valence-corrected chi connectivity index (χ4v) is 3.45. The number of nitrogens with one attached hydrogen (secondary N) is 1. The zero-order valence-corrected chi connectivity index (χ0v) is 13.3. The van der Waals surface area contributed by atoms with Gasteiger partial charge in [-0.05, 0) is 48.5 Å². The van der Waals surface area contributed by atoms with E-state index in [1.807, 2.05) is 6.07 Å². The maximum absolute atomic E-state index is 11.0. The molecule has 0 saturated heterocycles. The number of carbonyl (C=O) groups is 1. The van der Waals surface area contributed by atoms with Crippen molar-refractivity contribution in [2.75, 3.05) is 7.11 Å². The van der Waals surface area contributed by atoms with E-state index in [4.69, 9.17) is 9.84 Å². The van der Waals surface area contributed by atoms with Crippen molar-refractivity contribution in [1.82, 2.24) is 10.3 Å². The lowest BCUT2D eigenvalue weighted by Gasteiger charge is -2.39. The van der Waals surface area contributed by atoms with Gasteiger partial charge in [-0.2, -0.15) is 4.99 Å². The first-order valence-corrected chi connectivity index (χ1v) is 7.51. The van der Waals surface area contributed by atoms with Crippen LogP contribution in [0.1, 0.15) is 31.2 Å². The zero-order valence-electron chi connectivity index (χ0n) is 12.5. The van der Waals surface area contributed by atoms with E-state index in [2.05, 4.69) is 39.6 Å². The van der Waals surface area contributed by atoms with E-state index in [-0.39, 0.29) is 24.0 Å². The van der Waals surface area contributed by atoms with Crippen molar-refractivity contribution in [1.29, 1.82) is 0 Å². The second kappa shape index (κ2) is 7.45. The first-order chi connectivity index (χ1) is 10.6. The topological polar surface area (TPSA) is 83.8 Å². The number of hydrogen-bond acceptors (Lipinski definition) is 5. The summed E-state index contributed by atoms with van der Waals surface area (Å²) in [5.41, 5.74) is 1.71. The van der Waals surface area contributed by atoms with Crippen LogP contribution < -0.4 is 5.32 Å². The molecule has 1 aliphatic rings. The molecule has 1 amide bonds. The highest BCUT2D eigenvalue weighted by molar-refractivity contribution is 7.78. The molecule has 118 valence electrons. The number of pyridine rings is 1. The smallest absolute Gasteiger partial charge is 0.404 e. The quantitative estimate of drug-likeness (QED) is 0.658. The molecule has 1 fully saturated rings. The van der Waals surface area contributed by atoms with Crippen LogP contribution in [0.4, 0.5) is 10.5 Å². The summed E-state index contributed by atoms with van der Waals surface area (Å²) in [6.07, 6.45) is 3.74. The van der Waals surface area contributed by atoms with Crippen molar-refractivity contribution in [2.24, 2.45) is 10.9 Å². The summed E-state index contributed by atoms with van der Waals surface area (Å²) in [5, 5.41) is 14.0. The lowest BCUT2D eigenvalue weighted by molar-refractivity contribution is -0.000248. The monoisotopic (exact) mass is 321 g/mol. The predicted molar refractivity (Wildman–Crippen MR) is 85.8 cm³/mol. The summed E-state index contributed by atoms with van der Waals surface area (Å²) in [6, 6.07) is 1.65. The van der Waals surface area contributed by atoms with E-state index in [1.54, 1.807) is 19.5 Å².